The molecule has 1 aromatic heterocycles. The Hall–Kier alpha value is -2.76. The van der Waals surface area contributed by atoms with Crippen molar-refractivity contribution in [3.8, 4) is 0 Å². The van der Waals surface area contributed by atoms with E-state index in [1.807, 2.05) is 6.07 Å². The molecule has 0 aliphatic heterocycles. The van der Waals surface area contributed by atoms with E-state index in [1.54, 1.807) is 18.5 Å². The Labute approximate surface area is 120 Å². The fourth-order valence-electron chi connectivity index (χ4n) is 1.77. The number of carboxylic acid groups (broad SMARTS) is 1. The second-order valence-corrected chi connectivity index (χ2v) is 4.41. The molecule has 0 radical (unpaired) electrons. The SMILES string of the molecule is O=C(CCc1cccnc1)Nc1ccc(C(=O)O)cc1F. The number of aromatic carboxylic acids is 1. The maximum absolute atomic E-state index is 13.6. The van der Waals surface area contributed by atoms with Crippen molar-refractivity contribution < 1.29 is 19.1 Å². The van der Waals surface area contributed by atoms with E-state index in [9.17, 15) is 14.0 Å². The van der Waals surface area contributed by atoms with Crippen LogP contribution in [-0.4, -0.2) is 22.0 Å². The molecule has 5 nitrogen and oxygen atoms in total. The molecule has 0 saturated carbocycles. The standard InChI is InChI=1S/C15H13FN2O3/c16-12-8-11(15(20)21)4-5-13(12)18-14(19)6-3-10-2-1-7-17-9-10/h1-2,4-5,7-9H,3,6H2,(H,18,19)(H,20,21). The van der Waals surface area contributed by atoms with Crippen molar-refractivity contribution in [2.24, 2.45) is 0 Å². The molecule has 108 valence electrons. The Kier molecular flexibility index (Phi) is 4.61. The molecular formula is C15H13FN2O3. The molecule has 2 rings (SSSR count). The summed E-state index contributed by atoms with van der Waals surface area (Å²) in [7, 11) is 0. The van der Waals surface area contributed by atoms with E-state index in [0.717, 1.165) is 11.6 Å². The van der Waals surface area contributed by atoms with Crippen LogP contribution >= 0.6 is 0 Å². The van der Waals surface area contributed by atoms with E-state index in [0.29, 0.717) is 6.42 Å². The summed E-state index contributed by atoms with van der Waals surface area (Å²) in [6, 6.07) is 6.97. The van der Waals surface area contributed by atoms with Crippen molar-refractivity contribution in [1.29, 1.82) is 0 Å². The van der Waals surface area contributed by atoms with Crippen LogP contribution in [0.25, 0.3) is 0 Å². The van der Waals surface area contributed by atoms with Gasteiger partial charge in [-0.2, -0.15) is 0 Å². The number of hydrogen-bond donors (Lipinski definition) is 2. The lowest BCUT2D eigenvalue weighted by molar-refractivity contribution is -0.116. The van der Waals surface area contributed by atoms with Gasteiger partial charge in [-0.05, 0) is 36.2 Å². The van der Waals surface area contributed by atoms with Crippen LogP contribution in [0, 0.1) is 5.82 Å². The summed E-state index contributed by atoms with van der Waals surface area (Å²) in [5.41, 5.74) is 0.714. The first kappa shape index (κ1) is 14.6. The summed E-state index contributed by atoms with van der Waals surface area (Å²) in [6.45, 7) is 0. The first-order valence-corrected chi connectivity index (χ1v) is 6.28. The number of aryl methyl sites for hydroxylation is 1. The summed E-state index contributed by atoms with van der Waals surface area (Å²) >= 11 is 0. The Bertz CT molecular complexity index is 659. The Morgan fingerprint density at radius 2 is 2.10 bits per heavy atom. The number of carbonyl (C=O) groups excluding carboxylic acids is 1. The summed E-state index contributed by atoms with van der Waals surface area (Å²) in [4.78, 5) is 26.4. The number of benzene rings is 1. The van der Waals surface area contributed by atoms with E-state index in [2.05, 4.69) is 10.3 Å². The Morgan fingerprint density at radius 1 is 1.29 bits per heavy atom. The summed E-state index contributed by atoms with van der Waals surface area (Å²) in [5, 5.41) is 11.2. The van der Waals surface area contributed by atoms with Gasteiger partial charge in [0, 0.05) is 18.8 Å². The molecule has 0 saturated heterocycles. The average Bonchev–Trinajstić information content (AvgIpc) is 2.48. The second kappa shape index (κ2) is 6.60. The van der Waals surface area contributed by atoms with E-state index in [4.69, 9.17) is 5.11 Å². The summed E-state index contributed by atoms with van der Waals surface area (Å²) in [6.07, 6.45) is 3.98. The zero-order valence-electron chi connectivity index (χ0n) is 11.0. The number of rotatable bonds is 5. The topological polar surface area (TPSA) is 79.3 Å². The number of amides is 1. The van der Waals surface area contributed by atoms with Gasteiger partial charge in [-0.1, -0.05) is 6.07 Å². The maximum atomic E-state index is 13.6. The van der Waals surface area contributed by atoms with Crippen LogP contribution in [0.4, 0.5) is 10.1 Å². The number of anilines is 1. The van der Waals surface area contributed by atoms with Crippen LogP contribution in [0.5, 0.6) is 0 Å². The molecule has 0 spiro atoms. The van der Waals surface area contributed by atoms with Gasteiger partial charge in [-0.3, -0.25) is 9.78 Å². The number of nitrogens with one attached hydrogen (secondary N) is 1. The van der Waals surface area contributed by atoms with Gasteiger partial charge in [0.2, 0.25) is 5.91 Å². The van der Waals surface area contributed by atoms with Gasteiger partial charge in [-0.15, -0.1) is 0 Å². The molecule has 0 atom stereocenters. The maximum Gasteiger partial charge on any atom is 0.335 e. The highest BCUT2D eigenvalue weighted by atomic mass is 19.1. The number of nitrogens with zero attached hydrogens (tertiary/aromatic N) is 1. The van der Waals surface area contributed by atoms with Gasteiger partial charge in [0.25, 0.3) is 0 Å². The number of carbonyl (C=O) groups is 2. The molecule has 21 heavy (non-hydrogen) atoms. The third-order valence-electron chi connectivity index (χ3n) is 2.85. The minimum absolute atomic E-state index is 0.0313. The minimum Gasteiger partial charge on any atom is -0.478 e. The number of carboxylic acids is 1. The van der Waals surface area contributed by atoms with E-state index in [1.165, 1.54) is 12.1 Å². The zero-order valence-corrected chi connectivity index (χ0v) is 11.0. The zero-order chi connectivity index (χ0) is 15.2. The van der Waals surface area contributed by atoms with Crippen LogP contribution < -0.4 is 5.32 Å². The third kappa shape index (κ3) is 4.10. The average molecular weight is 288 g/mol. The lowest BCUT2D eigenvalue weighted by atomic mass is 10.1. The summed E-state index contributed by atoms with van der Waals surface area (Å²) in [5.74, 6) is -2.34. The van der Waals surface area contributed by atoms with Crippen LogP contribution in [0.3, 0.4) is 0 Å². The van der Waals surface area contributed by atoms with Crippen LogP contribution in [0.2, 0.25) is 0 Å². The van der Waals surface area contributed by atoms with Gasteiger partial charge in [0.15, 0.2) is 0 Å². The Balaban J connectivity index is 1.95. The minimum atomic E-state index is -1.22. The number of aromatic nitrogens is 1. The lowest BCUT2D eigenvalue weighted by Crippen LogP contribution is -2.14. The van der Waals surface area contributed by atoms with Crippen molar-refractivity contribution in [1.82, 2.24) is 4.98 Å². The highest BCUT2D eigenvalue weighted by Gasteiger charge is 2.10. The van der Waals surface area contributed by atoms with Crippen molar-refractivity contribution in [2.45, 2.75) is 12.8 Å². The van der Waals surface area contributed by atoms with Gasteiger partial charge < -0.3 is 10.4 Å². The van der Waals surface area contributed by atoms with Crippen molar-refractivity contribution in [3.05, 3.63) is 59.7 Å². The first-order valence-electron chi connectivity index (χ1n) is 6.28. The first-order chi connectivity index (χ1) is 10.1. The van der Waals surface area contributed by atoms with Crippen molar-refractivity contribution >= 4 is 17.6 Å². The molecule has 2 N–H and O–H groups in total. The quantitative estimate of drug-likeness (QED) is 0.886. The molecule has 1 aromatic carbocycles. The molecule has 2 aromatic rings. The number of halogens is 1. The molecule has 0 bridgehead atoms. The van der Waals surface area contributed by atoms with Crippen molar-refractivity contribution in [3.63, 3.8) is 0 Å². The predicted octanol–water partition coefficient (Wildman–Crippen LogP) is 2.49. The smallest absolute Gasteiger partial charge is 0.335 e. The fraction of sp³-hybridized carbons (Fsp3) is 0.133. The molecule has 6 heteroatoms. The van der Waals surface area contributed by atoms with Crippen LogP contribution in [0.1, 0.15) is 22.3 Å². The Morgan fingerprint density at radius 3 is 2.71 bits per heavy atom. The summed E-state index contributed by atoms with van der Waals surface area (Å²) < 4.78 is 13.6. The molecule has 0 aliphatic rings. The second-order valence-electron chi connectivity index (χ2n) is 4.41. The lowest BCUT2D eigenvalue weighted by Gasteiger charge is -2.07. The molecule has 0 unspecified atom stereocenters. The molecular weight excluding hydrogens is 275 g/mol. The number of hydrogen-bond acceptors (Lipinski definition) is 3. The normalized spacial score (nSPS) is 10.1. The van der Waals surface area contributed by atoms with Gasteiger partial charge in [0.05, 0.1) is 11.3 Å². The van der Waals surface area contributed by atoms with Crippen molar-refractivity contribution in [2.75, 3.05) is 5.32 Å². The number of pyridine rings is 1. The van der Waals surface area contributed by atoms with E-state index < -0.39 is 11.8 Å². The highest BCUT2D eigenvalue weighted by molar-refractivity contribution is 5.92. The van der Waals surface area contributed by atoms with Gasteiger partial charge >= 0.3 is 5.97 Å². The predicted molar refractivity (Wildman–Crippen MR) is 74.5 cm³/mol. The third-order valence-corrected chi connectivity index (χ3v) is 2.85. The highest BCUT2D eigenvalue weighted by Crippen LogP contribution is 2.16. The fourth-order valence-corrected chi connectivity index (χ4v) is 1.77. The van der Waals surface area contributed by atoms with Gasteiger partial charge in [-0.25, -0.2) is 9.18 Å². The monoisotopic (exact) mass is 288 g/mol. The largest absolute Gasteiger partial charge is 0.478 e. The van der Waals surface area contributed by atoms with Crippen LogP contribution in [0.15, 0.2) is 42.7 Å². The van der Waals surface area contributed by atoms with E-state index >= 15 is 0 Å². The molecule has 1 heterocycles. The van der Waals surface area contributed by atoms with Crippen LogP contribution in [-0.2, 0) is 11.2 Å². The van der Waals surface area contributed by atoms with E-state index in [-0.39, 0.29) is 23.6 Å². The molecule has 0 aliphatic carbocycles. The molecule has 0 fully saturated rings. The van der Waals surface area contributed by atoms with Gasteiger partial charge in [0.1, 0.15) is 5.82 Å². The molecule has 1 amide bonds.